The Labute approximate surface area is 82.6 Å². The molecular weight excluding hydrogens is 182 g/mol. The first-order valence-corrected chi connectivity index (χ1v) is 5.65. The van der Waals surface area contributed by atoms with Crippen LogP contribution >= 0.6 is 11.3 Å². The minimum Gasteiger partial charge on any atom is -0.329 e. The lowest BCUT2D eigenvalue weighted by atomic mass is 10.2. The molecule has 2 rings (SSSR count). The molecule has 3 nitrogen and oxygen atoms in total. The molecule has 1 atom stereocenters. The number of likely N-dealkylation sites (tertiary alicyclic amines) is 1. The topological polar surface area (TPSA) is 42.1 Å². The van der Waals surface area contributed by atoms with Gasteiger partial charge in [0.2, 0.25) is 0 Å². The van der Waals surface area contributed by atoms with Crippen LogP contribution < -0.4 is 5.73 Å². The second-order valence-corrected chi connectivity index (χ2v) is 4.20. The lowest BCUT2D eigenvalue weighted by molar-refractivity contribution is 0.248. The second-order valence-electron chi connectivity index (χ2n) is 3.48. The lowest BCUT2D eigenvalue weighted by Gasteiger charge is -2.21. The first kappa shape index (κ1) is 9.12. The first-order valence-electron chi connectivity index (χ1n) is 4.71. The zero-order valence-corrected chi connectivity index (χ0v) is 8.46. The normalized spacial score (nSPS) is 23.9. The van der Waals surface area contributed by atoms with Crippen LogP contribution in [0.15, 0.2) is 10.9 Å². The number of hydrogen-bond acceptors (Lipinski definition) is 4. The van der Waals surface area contributed by atoms with Crippen LogP contribution in [0.4, 0.5) is 0 Å². The summed E-state index contributed by atoms with van der Waals surface area (Å²) in [5.41, 5.74) is 8.77. The summed E-state index contributed by atoms with van der Waals surface area (Å²) in [4.78, 5) is 6.72. The SMILES string of the molecule is NCC1CCCN1Cc1cscn1. The number of nitrogens with zero attached hydrogens (tertiary/aromatic N) is 2. The molecule has 0 aromatic carbocycles. The van der Waals surface area contributed by atoms with E-state index in [4.69, 9.17) is 5.73 Å². The first-order chi connectivity index (χ1) is 6.40. The minimum absolute atomic E-state index is 0.585. The van der Waals surface area contributed by atoms with Gasteiger partial charge in [0.05, 0.1) is 11.2 Å². The average molecular weight is 197 g/mol. The molecule has 1 aromatic heterocycles. The predicted molar refractivity (Wildman–Crippen MR) is 54.6 cm³/mol. The van der Waals surface area contributed by atoms with Crippen LogP contribution in [0.5, 0.6) is 0 Å². The lowest BCUT2D eigenvalue weighted by Crippen LogP contribution is -2.34. The van der Waals surface area contributed by atoms with Crippen LogP contribution in [-0.2, 0) is 6.54 Å². The van der Waals surface area contributed by atoms with E-state index in [2.05, 4.69) is 15.3 Å². The van der Waals surface area contributed by atoms with Crippen LogP contribution in [0.3, 0.4) is 0 Å². The highest BCUT2D eigenvalue weighted by Gasteiger charge is 2.23. The number of aromatic nitrogens is 1. The molecule has 0 saturated carbocycles. The zero-order valence-electron chi connectivity index (χ0n) is 7.65. The van der Waals surface area contributed by atoms with Gasteiger partial charge in [0.15, 0.2) is 0 Å². The summed E-state index contributed by atoms with van der Waals surface area (Å²) in [6, 6.07) is 0.585. The van der Waals surface area contributed by atoms with Crippen molar-refractivity contribution in [2.45, 2.75) is 25.4 Å². The van der Waals surface area contributed by atoms with Gasteiger partial charge in [-0.05, 0) is 19.4 Å². The molecule has 4 heteroatoms. The molecule has 1 aromatic rings. The largest absolute Gasteiger partial charge is 0.329 e. The van der Waals surface area contributed by atoms with E-state index < -0.39 is 0 Å². The molecule has 0 aliphatic carbocycles. The van der Waals surface area contributed by atoms with Gasteiger partial charge in [0, 0.05) is 24.5 Å². The van der Waals surface area contributed by atoms with Crippen molar-refractivity contribution in [3.05, 3.63) is 16.6 Å². The van der Waals surface area contributed by atoms with E-state index in [1.807, 2.05) is 5.51 Å². The maximum atomic E-state index is 5.69. The quantitative estimate of drug-likeness (QED) is 0.788. The smallest absolute Gasteiger partial charge is 0.0795 e. The minimum atomic E-state index is 0.585. The highest BCUT2D eigenvalue weighted by Crippen LogP contribution is 2.18. The molecule has 1 saturated heterocycles. The number of rotatable bonds is 3. The molecule has 1 aliphatic heterocycles. The van der Waals surface area contributed by atoms with Crippen molar-refractivity contribution < 1.29 is 0 Å². The fourth-order valence-electron chi connectivity index (χ4n) is 1.89. The molecular formula is C9H15N3S. The summed E-state index contributed by atoms with van der Waals surface area (Å²) in [6.45, 7) is 2.94. The van der Waals surface area contributed by atoms with Crippen LogP contribution in [-0.4, -0.2) is 29.0 Å². The molecule has 2 heterocycles. The van der Waals surface area contributed by atoms with E-state index in [1.165, 1.54) is 25.1 Å². The molecule has 13 heavy (non-hydrogen) atoms. The molecule has 0 radical (unpaired) electrons. The van der Waals surface area contributed by atoms with Crippen LogP contribution in [0.25, 0.3) is 0 Å². The van der Waals surface area contributed by atoms with Crippen molar-refractivity contribution in [1.29, 1.82) is 0 Å². The number of thiazole rings is 1. The van der Waals surface area contributed by atoms with E-state index in [1.54, 1.807) is 11.3 Å². The number of hydrogen-bond donors (Lipinski definition) is 1. The van der Waals surface area contributed by atoms with Crippen molar-refractivity contribution in [3.63, 3.8) is 0 Å². The molecule has 0 spiro atoms. The van der Waals surface area contributed by atoms with Crippen molar-refractivity contribution in [3.8, 4) is 0 Å². The van der Waals surface area contributed by atoms with Crippen molar-refractivity contribution in [2.24, 2.45) is 5.73 Å². The third-order valence-electron chi connectivity index (χ3n) is 2.62. The van der Waals surface area contributed by atoms with Crippen molar-refractivity contribution in [2.75, 3.05) is 13.1 Å². The van der Waals surface area contributed by atoms with E-state index >= 15 is 0 Å². The van der Waals surface area contributed by atoms with Gasteiger partial charge in [-0.2, -0.15) is 0 Å². The summed E-state index contributed by atoms with van der Waals surface area (Å²) >= 11 is 1.66. The Morgan fingerprint density at radius 3 is 3.31 bits per heavy atom. The summed E-state index contributed by atoms with van der Waals surface area (Å²) in [7, 11) is 0. The highest BCUT2D eigenvalue weighted by molar-refractivity contribution is 7.07. The van der Waals surface area contributed by atoms with Gasteiger partial charge in [-0.3, -0.25) is 4.90 Å². The highest BCUT2D eigenvalue weighted by atomic mass is 32.1. The fourth-order valence-corrected chi connectivity index (χ4v) is 2.44. The Balaban J connectivity index is 1.94. The van der Waals surface area contributed by atoms with Crippen molar-refractivity contribution >= 4 is 11.3 Å². The predicted octanol–water partition coefficient (Wildman–Crippen LogP) is 1.07. The molecule has 0 bridgehead atoms. The molecule has 0 amide bonds. The maximum Gasteiger partial charge on any atom is 0.0795 e. The Morgan fingerprint density at radius 2 is 2.62 bits per heavy atom. The fraction of sp³-hybridized carbons (Fsp3) is 0.667. The third kappa shape index (κ3) is 2.07. The standard InChI is InChI=1S/C9H15N3S/c10-4-9-2-1-3-12(9)5-8-6-13-7-11-8/h6-7,9H,1-5,10H2. The van der Waals surface area contributed by atoms with E-state index in [-0.39, 0.29) is 0 Å². The zero-order chi connectivity index (χ0) is 9.10. The third-order valence-corrected chi connectivity index (χ3v) is 3.25. The molecule has 1 fully saturated rings. The maximum absolute atomic E-state index is 5.69. The summed E-state index contributed by atoms with van der Waals surface area (Å²) in [5.74, 6) is 0. The summed E-state index contributed by atoms with van der Waals surface area (Å²) < 4.78 is 0. The Morgan fingerprint density at radius 1 is 1.69 bits per heavy atom. The number of nitrogens with two attached hydrogens (primary N) is 1. The van der Waals surface area contributed by atoms with Gasteiger partial charge >= 0.3 is 0 Å². The van der Waals surface area contributed by atoms with Gasteiger partial charge in [0.1, 0.15) is 0 Å². The monoisotopic (exact) mass is 197 g/mol. The second kappa shape index (κ2) is 4.17. The molecule has 2 N–H and O–H groups in total. The van der Waals surface area contributed by atoms with Crippen molar-refractivity contribution in [1.82, 2.24) is 9.88 Å². The van der Waals surface area contributed by atoms with Gasteiger partial charge in [-0.25, -0.2) is 4.98 Å². The van der Waals surface area contributed by atoms with Gasteiger partial charge in [0.25, 0.3) is 0 Å². The summed E-state index contributed by atoms with van der Waals surface area (Å²) in [5, 5.41) is 2.12. The van der Waals surface area contributed by atoms with E-state index in [9.17, 15) is 0 Å². The summed E-state index contributed by atoms with van der Waals surface area (Å²) in [6.07, 6.45) is 2.53. The van der Waals surface area contributed by atoms with Gasteiger partial charge in [-0.1, -0.05) is 0 Å². The van der Waals surface area contributed by atoms with Crippen LogP contribution in [0.2, 0.25) is 0 Å². The van der Waals surface area contributed by atoms with Gasteiger partial charge < -0.3 is 5.73 Å². The Bertz CT molecular complexity index is 247. The molecule has 72 valence electrons. The molecule has 1 unspecified atom stereocenters. The van der Waals surface area contributed by atoms with Crippen LogP contribution in [0.1, 0.15) is 18.5 Å². The van der Waals surface area contributed by atoms with E-state index in [0.717, 1.165) is 13.1 Å². The van der Waals surface area contributed by atoms with Gasteiger partial charge in [-0.15, -0.1) is 11.3 Å². The van der Waals surface area contributed by atoms with Crippen LogP contribution in [0, 0.1) is 0 Å². The average Bonchev–Trinajstić information content (AvgIpc) is 2.76. The molecule has 1 aliphatic rings. The Kier molecular flexibility index (Phi) is 2.93. The Hall–Kier alpha value is -0.450. The van der Waals surface area contributed by atoms with E-state index in [0.29, 0.717) is 6.04 Å².